The first kappa shape index (κ1) is 62.4. The molecule has 0 unspecified atom stereocenters. The third-order valence-corrected chi connectivity index (χ3v) is 22.2. The molecule has 1 aliphatic rings. The summed E-state index contributed by atoms with van der Waals surface area (Å²) in [6.07, 6.45) is 0. The third kappa shape index (κ3) is 10.4. The number of fused-ring (bicyclic) bond motifs is 18. The van der Waals surface area contributed by atoms with Gasteiger partial charge in [-0.1, -0.05) is 323 Å². The van der Waals surface area contributed by atoms with Crippen LogP contribution in [0, 0.1) is 0 Å². The number of rotatable bonds is 8. The average molecular weight is 1380 g/mol. The lowest BCUT2D eigenvalue weighted by atomic mass is 9.81. The monoisotopic (exact) mass is 1380 g/mol. The Balaban J connectivity index is 0.000000138. The Morgan fingerprint density at radius 3 is 1.04 bits per heavy atom. The van der Waals surface area contributed by atoms with E-state index in [1.165, 1.54) is 98.0 Å². The normalized spacial score (nSPS) is 12.4. The first-order valence-corrected chi connectivity index (χ1v) is 36.8. The summed E-state index contributed by atoms with van der Waals surface area (Å²) < 4.78 is 6.33. The second-order valence-corrected chi connectivity index (χ2v) is 28.8. The smallest absolute Gasteiger partial charge is 0.164 e. The van der Waals surface area contributed by atoms with Gasteiger partial charge in [0.15, 0.2) is 34.9 Å². The van der Waals surface area contributed by atoms with Crippen molar-refractivity contribution in [3.63, 3.8) is 0 Å². The maximum absolute atomic E-state index is 6.33. The lowest BCUT2D eigenvalue weighted by molar-refractivity contribution is 0.661. The molecule has 0 N–H and O–H groups in total. The van der Waals surface area contributed by atoms with Gasteiger partial charge in [0.25, 0.3) is 0 Å². The molecule has 22 rings (SSSR count). The Bertz CT molecular complexity index is 7140. The molecular weight excluding hydrogens is 1310 g/mol. The van der Waals surface area contributed by atoms with Crippen LogP contribution in [0.25, 0.3) is 210 Å². The van der Waals surface area contributed by atoms with E-state index in [-0.39, 0.29) is 5.41 Å². The molecule has 3 aromatic heterocycles. The second-order valence-electron chi connectivity index (χ2n) is 28.8. The minimum Gasteiger partial charge on any atom is -0.456 e. The zero-order valence-corrected chi connectivity index (χ0v) is 59.1. The summed E-state index contributed by atoms with van der Waals surface area (Å²) in [6.45, 7) is 4.72. The van der Waals surface area contributed by atoms with Crippen molar-refractivity contribution in [2.75, 3.05) is 0 Å². The molecule has 0 fully saturated rings. The number of hydrogen-bond acceptors (Lipinski definition) is 7. The molecule has 7 nitrogen and oxygen atoms in total. The van der Waals surface area contributed by atoms with Crippen molar-refractivity contribution in [3.8, 4) is 102 Å². The van der Waals surface area contributed by atoms with Crippen LogP contribution in [0.4, 0.5) is 0 Å². The average Bonchev–Trinajstić information content (AvgIpc) is 1.57. The zero-order valence-electron chi connectivity index (χ0n) is 59.1. The van der Waals surface area contributed by atoms with Crippen LogP contribution in [-0.4, -0.2) is 29.9 Å². The summed E-state index contributed by atoms with van der Waals surface area (Å²) in [6, 6.07) is 125. The van der Waals surface area contributed by atoms with E-state index >= 15 is 0 Å². The van der Waals surface area contributed by atoms with Gasteiger partial charge in [0.05, 0.1) is 0 Å². The fourth-order valence-corrected chi connectivity index (χ4v) is 16.9. The van der Waals surface area contributed by atoms with Crippen molar-refractivity contribution in [1.82, 2.24) is 29.9 Å². The molecule has 18 aromatic carbocycles. The minimum absolute atomic E-state index is 0.0548. The minimum atomic E-state index is -0.0548. The van der Waals surface area contributed by atoms with Gasteiger partial charge in [0.2, 0.25) is 0 Å². The van der Waals surface area contributed by atoms with Crippen LogP contribution in [0.15, 0.2) is 356 Å². The highest BCUT2D eigenvalue weighted by Gasteiger charge is 2.36. The Hall–Kier alpha value is -14.1. The van der Waals surface area contributed by atoms with E-state index in [0.717, 1.165) is 88.0 Å². The maximum atomic E-state index is 6.33. The third-order valence-electron chi connectivity index (χ3n) is 22.2. The molecule has 504 valence electrons. The van der Waals surface area contributed by atoms with Crippen molar-refractivity contribution < 1.29 is 4.42 Å². The fourth-order valence-electron chi connectivity index (χ4n) is 16.9. The molecule has 1 aliphatic carbocycles. The van der Waals surface area contributed by atoms with Gasteiger partial charge in [-0.15, -0.1) is 0 Å². The van der Waals surface area contributed by atoms with E-state index in [9.17, 15) is 0 Å². The van der Waals surface area contributed by atoms with Crippen molar-refractivity contribution in [2.24, 2.45) is 0 Å². The summed E-state index contributed by atoms with van der Waals surface area (Å²) in [5.41, 5.74) is 17.7. The number of benzene rings is 18. The van der Waals surface area contributed by atoms with Crippen molar-refractivity contribution in [2.45, 2.75) is 19.3 Å². The van der Waals surface area contributed by atoms with Crippen LogP contribution < -0.4 is 0 Å². The summed E-state index contributed by atoms with van der Waals surface area (Å²) in [5.74, 6) is 3.92. The van der Waals surface area contributed by atoms with Crippen LogP contribution in [0.1, 0.15) is 25.0 Å². The zero-order chi connectivity index (χ0) is 71.6. The Labute approximate surface area is 622 Å². The summed E-state index contributed by atoms with van der Waals surface area (Å²) in [5, 5.41) is 21.7. The molecule has 0 saturated carbocycles. The van der Waals surface area contributed by atoms with E-state index in [4.69, 9.17) is 34.3 Å². The van der Waals surface area contributed by atoms with E-state index in [1.54, 1.807) is 0 Å². The molecule has 108 heavy (non-hydrogen) atoms. The highest BCUT2D eigenvalue weighted by Crippen LogP contribution is 2.51. The van der Waals surface area contributed by atoms with Crippen molar-refractivity contribution >= 4 is 108 Å². The van der Waals surface area contributed by atoms with Gasteiger partial charge in [0.1, 0.15) is 11.2 Å². The molecule has 0 aliphatic heterocycles. The van der Waals surface area contributed by atoms with Gasteiger partial charge in [-0.2, -0.15) is 0 Å². The number of nitrogens with zero attached hydrogens (tertiary/aromatic N) is 6. The quantitative estimate of drug-likeness (QED) is 0.140. The number of para-hydroxylation sites is 1. The molecule has 3 heterocycles. The SMILES string of the molecule is CC1(C)c2ccccc2-c2cc3ccc4ccc5cc(-c6cccc7c(-c8nc(-c9ccccc9)nc(-c9ccccc9)n8)cccc67)ccc5c4c3cc21.c1ccc(-c2nc(-c3ccccc3)nc(-c3cccc4c(-c5ccc6c(ccc7ccc8cc9c(cc8c76)oc6ccccc69)c5)cccc34)n2)cc1. The Kier molecular flexibility index (Phi) is 14.5. The molecule has 7 heteroatoms. The summed E-state index contributed by atoms with van der Waals surface area (Å²) in [7, 11) is 0. The molecule has 0 amide bonds. The number of aromatic nitrogens is 6. The van der Waals surface area contributed by atoms with Crippen LogP contribution in [0.3, 0.4) is 0 Å². The molecule has 0 bridgehead atoms. The fraction of sp³-hybridized carbons (Fsp3) is 0.0297. The van der Waals surface area contributed by atoms with Crippen LogP contribution >= 0.6 is 0 Å². The van der Waals surface area contributed by atoms with Crippen molar-refractivity contribution in [1.29, 1.82) is 0 Å². The van der Waals surface area contributed by atoms with Gasteiger partial charge < -0.3 is 4.42 Å². The number of furan rings is 1. The van der Waals surface area contributed by atoms with E-state index in [2.05, 4.69) is 232 Å². The van der Waals surface area contributed by atoms with Crippen LogP contribution in [0.2, 0.25) is 0 Å². The largest absolute Gasteiger partial charge is 0.456 e. The maximum Gasteiger partial charge on any atom is 0.164 e. The molecular formula is C101H64N6O. The van der Waals surface area contributed by atoms with E-state index in [1.807, 2.05) is 133 Å². The van der Waals surface area contributed by atoms with Gasteiger partial charge in [-0.05, 0) is 173 Å². The first-order chi connectivity index (χ1) is 53.3. The molecule has 21 aromatic rings. The predicted molar refractivity (Wildman–Crippen MR) is 448 cm³/mol. The van der Waals surface area contributed by atoms with Crippen LogP contribution in [0.5, 0.6) is 0 Å². The van der Waals surface area contributed by atoms with Crippen LogP contribution in [-0.2, 0) is 5.41 Å². The Morgan fingerprint density at radius 1 is 0.194 bits per heavy atom. The topological polar surface area (TPSA) is 90.5 Å². The second kappa shape index (κ2) is 25.1. The van der Waals surface area contributed by atoms with Crippen molar-refractivity contribution in [3.05, 3.63) is 363 Å². The van der Waals surface area contributed by atoms with Gasteiger partial charge in [-0.3, -0.25) is 0 Å². The van der Waals surface area contributed by atoms with Gasteiger partial charge in [-0.25, -0.2) is 29.9 Å². The van der Waals surface area contributed by atoms with E-state index < -0.39 is 0 Å². The highest BCUT2D eigenvalue weighted by molar-refractivity contribution is 6.25. The molecule has 0 atom stereocenters. The van der Waals surface area contributed by atoms with Gasteiger partial charge >= 0.3 is 0 Å². The molecule has 0 spiro atoms. The first-order valence-electron chi connectivity index (χ1n) is 36.8. The standard InChI is InChI=1S/C52H35N3.C49H29N3O/c1-52(2)46-22-10-9-17-42(46)45-30-37-26-24-32-23-25-36-29-35(27-28-39(36)48(32)44(37)31-47(45)52)38-18-11-20-41-40(38)19-12-21-43(41)51-54-49(33-13-5-3-6-14-33)53-50(55-51)34-15-7-4-8-16-34;1-3-11-31(12-4-1)47-50-48(32-13-5-2-6-14-32)52-49(51-47)41-19-10-17-38-36(16-9-18-39(38)41)33-25-26-37-34(27-33)23-21-30-22-24-35-28-43-40-15-7-8-20-44(40)53-45(43)29-42(35)46(30)37/h3-31H,1-2H3;1-29H. The summed E-state index contributed by atoms with van der Waals surface area (Å²) in [4.78, 5) is 30.1. The summed E-state index contributed by atoms with van der Waals surface area (Å²) >= 11 is 0. The lowest BCUT2D eigenvalue weighted by Crippen LogP contribution is -2.14. The van der Waals surface area contributed by atoms with E-state index in [0.29, 0.717) is 34.9 Å². The molecule has 0 saturated heterocycles. The highest BCUT2D eigenvalue weighted by atomic mass is 16.3. The number of hydrogen-bond donors (Lipinski definition) is 0. The Morgan fingerprint density at radius 2 is 0.556 bits per heavy atom. The molecule has 0 radical (unpaired) electrons. The van der Waals surface area contributed by atoms with Gasteiger partial charge in [0, 0.05) is 49.6 Å². The predicted octanol–water partition coefficient (Wildman–Crippen LogP) is 26.5. The lowest BCUT2D eigenvalue weighted by Gasteiger charge is -2.22.